The summed E-state index contributed by atoms with van der Waals surface area (Å²) >= 11 is 2.56. The van der Waals surface area contributed by atoms with Crippen LogP contribution in [0.5, 0.6) is 0 Å². The SMILES string of the molecule is O=C1c2sc(-c3nc(Nc4ccc(N5CC6CC(C5)N6)cc4C4CC4)ncc3C(F)(F)F)cc2SCCN1C1COC1. The number of nitrogens with zero attached hydrogens (tertiary/aromatic N) is 4. The number of carbonyl (C=O) groups excluding carboxylic acids is 1. The van der Waals surface area contributed by atoms with Crippen molar-refractivity contribution in [3.05, 3.63) is 46.5 Å². The van der Waals surface area contributed by atoms with Gasteiger partial charge in [-0.2, -0.15) is 13.2 Å². The molecule has 2 atom stereocenters. The molecule has 9 rings (SSSR count). The number of ether oxygens (including phenoxy) is 1. The highest BCUT2D eigenvalue weighted by atomic mass is 32.2. The van der Waals surface area contributed by atoms with E-state index in [2.05, 4.69) is 37.6 Å². The molecule has 6 aliphatic rings. The Hall–Kier alpha value is -2.87. The molecule has 3 aromatic rings. The lowest BCUT2D eigenvalue weighted by Gasteiger charge is -2.49. The number of benzene rings is 1. The zero-order chi connectivity index (χ0) is 28.6. The maximum absolute atomic E-state index is 14.2. The van der Waals surface area contributed by atoms with E-state index in [1.54, 1.807) is 11.0 Å². The maximum atomic E-state index is 14.2. The van der Waals surface area contributed by atoms with Crippen LogP contribution in [0.2, 0.25) is 0 Å². The molecular formula is C29H29F3N6O2S2. The van der Waals surface area contributed by atoms with Crippen LogP contribution in [0.15, 0.2) is 35.4 Å². The topological polar surface area (TPSA) is 82.6 Å². The van der Waals surface area contributed by atoms with Crippen LogP contribution >= 0.6 is 23.1 Å². The van der Waals surface area contributed by atoms with Crippen molar-refractivity contribution in [3.8, 4) is 10.6 Å². The molecule has 1 saturated carbocycles. The van der Waals surface area contributed by atoms with Crippen LogP contribution in [0.1, 0.15) is 46.0 Å². The Kier molecular flexibility index (Phi) is 6.43. The summed E-state index contributed by atoms with van der Waals surface area (Å²) in [7, 11) is 0. The third kappa shape index (κ3) is 4.83. The van der Waals surface area contributed by atoms with Crippen molar-refractivity contribution in [2.24, 2.45) is 0 Å². The van der Waals surface area contributed by atoms with Gasteiger partial charge in [-0.15, -0.1) is 23.1 Å². The molecule has 7 heterocycles. The summed E-state index contributed by atoms with van der Waals surface area (Å²) in [5, 5.41) is 6.80. The number of piperazine rings is 1. The van der Waals surface area contributed by atoms with E-state index < -0.39 is 11.7 Å². The number of carbonyl (C=O) groups is 1. The quantitative estimate of drug-likeness (QED) is 0.385. The zero-order valence-corrected chi connectivity index (χ0v) is 24.2. The van der Waals surface area contributed by atoms with Crippen LogP contribution in [0, 0.1) is 0 Å². The fraction of sp³-hybridized carbons (Fsp3) is 0.483. The third-order valence-corrected chi connectivity index (χ3v) is 11.0. The van der Waals surface area contributed by atoms with Crippen molar-refractivity contribution in [2.75, 3.05) is 48.8 Å². The smallest absolute Gasteiger partial charge is 0.377 e. The van der Waals surface area contributed by atoms with Crippen LogP contribution in [-0.4, -0.2) is 77.5 Å². The highest BCUT2D eigenvalue weighted by Crippen LogP contribution is 2.47. The summed E-state index contributed by atoms with van der Waals surface area (Å²) in [6.07, 6.45) is -0.401. The minimum atomic E-state index is -4.65. The van der Waals surface area contributed by atoms with E-state index >= 15 is 0 Å². The van der Waals surface area contributed by atoms with Crippen LogP contribution in [-0.2, 0) is 10.9 Å². The van der Waals surface area contributed by atoms with Gasteiger partial charge in [-0.05, 0) is 55.0 Å². The van der Waals surface area contributed by atoms with Gasteiger partial charge < -0.3 is 25.2 Å². The first-order chi connectivity index (χ1) is 20.3. The third-order valence-electron chi connectivity index (χ3n) is 8.72. The fourth-order valence-corrected chi connectivity index (χ4v) is 8.58. The highest BCUT2D eigenvalue weighted by molar-refractivity contribution is 7.99. The van der Waals surface area contributed by atoms with Crippen molar-refractivity contribution in [1.82, 2.24) is 20.2 Å². The molecule has 2 unspecified atom stereocenters. The van der Waals surface area contributed by atoms with Gasteiger partial charge in [-0.25, -0.2) is 9.97 Å². The number of piperidine rings is 1. The molecule has 2 N–H and O–H groups in total. The second-order valence-electron chi connectivity index (χ2n) is 11.7. The number of hydrogen-bond donors (Lipinski definition) is 2. The monoisotopic (exact) mass is 614 g/mol. The van der Waals surface area contributed by atoms with E-state index in [0.29, 0.717) is 58.2 Å². The number of thioether (sulfide) groups is 1. The first-order valence-corrected chi connectivity index (χ1v) is 16.1. The summed E-state index contributed by atoms with van der Waals surface area (Å²) in [6, 6.07) is 9.06. The lowest BCUT2D eigenvalue weighted by atomic mass is 9.90. The molecule has 13 heteroatoms. The molecule has 2 bridgehead atoms. The number of nitrogens with one attached hydrogen (secondary N) is 2. The fourth-order valence-electron chi connectivity index (χ4n) is 6.26. The van der Waals surface area contributed by atoms with Crippen molar-refractivity contribution >= 4 is 46.3 Å². The number of rotatable bonds is 6. The zero-order valence-electron chi connectivity index (χ0n) is 22.6. The van der Waals surface area contributed by atoms with Crippen LogP contribution in [0.3, 0.4) is 0 Å². The molecule has 1 amide bonds. The van der Waals surface area contributed by atoms with Crippen molar-refractivity contribution in [2.45, 2.75) is 54.4 Å². The summed E-state index contributed by atoms with van der Waals surface area (Å²) < 4.78 is 47.8. The molecule has 5 aliphatic heterocycles. The molecule has 1 aromatic carbocycles. The van der Waals surface area contributed by atoms with E-state index in [-0.39, 0.29) is 23.6 Å². The first kappa shape index (κ1) is 26.7. The minimum absolute atomic E-state index is 0.0134. The predicted molar refractivity (Wildman–Crippen MR) is 156 cm³/mol. The second kappa shape index (κ2) is 10.1. The Bertz CT molecular complexity index is 1540. The molecule has 0 spiro atoms. The van der Waals surface area contributed by atoms with Crippen molar-refractivity contribution in [3.63, 3.8) is 0 Å². The number of halogens is 3. The maximum Gasteiger partial charge on any atom is 0.420 e. The number of hydrogen-bond acceptors (Lipinski definition) is 9. The van der Waals surface area contributed by atoms with Crippen LogP contribution in [0.4, 0.5) is 30.5 Å². The molecule has 0 radical (unpaired) electrons. The lowest BCUT2D eigenvalue weighted by Crippen LogP contribution is -2.67. The van der Waals surface area contributed by atoms with E-state index in [9.17, 15) is 18.0 Å². The Labute approximate surface area is 249 Å². The summed E-state index contributed by atoms with van der Waals surface area (Å²) in [5.41, 5.74) is 2.02. The first-order valence-electron chi connectivity index (χ1n) is 14.3. The predicted octanol–water partition coefficient (Wildman–Crippen LogP) is 5.34. The number of alkyl halides is 3. The summed E-state index contributed by atoms with van der Waals surface area (Å²) in [6.45, 7) is 3.53. The van der Waals surface area contributed by atoms with Gasteiger partial charge >= 0.3 is 6.18 Å². The van der Waals surface area contributed by atoms with Gasteiger partial charge in [0.25, 0.3) is 5.91 Å². The van der Waals surface area contributed by atoms with E-state index in [1.807, 2.05) is 6.07 Å². The van der Waals surface area contributed by atoms with Crippen molar-refractivity contribution in [1.29, 1.82) is 0 Å². The van der Waals surface area contributed by atoms with Gasteiger partial charge in [0.15, 0.2) is 0 Å². The molecule has 220 valence electrons. The van der Waals surface area contributed by atoms with Gasteiger partial charge in [0, 0.05) is 59.9 Å². The Morgan fingerprint density at radius 3 is 2.60 bits per heavy atom. The lowest BCUT2D eigenvalue weighted by molar-refractivity contribution is -0.137. The molecule has 4 saturated heterocycles. The highest BCUT2D eigenvalue weighted by Gasteiger charge is 2.39. The van der Waals surface area contributed by atoms with Crippen LogP contribution in [0.25, 0.3) is 10.6 Å². The minimum Gasteiger partial charge on any atom is -0.377 e. The molecule has 1 aliphatic carbocycles. The number of anilines is 3. The average molecular weight is 615 g/mol. The largest absolute Gasteiger partial charge is 0.420 e. The van der Waals surface area contributed by atoms with E-state index in [4.69, 9.17) is 4.74 Å². The van der Waals surface area contributed by atoms with E-state index in [1.165, 1.54) is 23.9 Å². The Balaban J connectivity index is 1.12. The Morgan fingerprint density at radius 1 is 1.12 bits per heavy atom. The number of amides is 1. The molecule has 2 aromatic heterocycles. The van der Waals surface area contributed by atoms with Crippen LogP contribution < -0.4 is 15.5 Å². The number of thiophene rings is 1. The standard InChI is InChI=1S/C29H29F3N6O2S2/c30-29(31,32)21-10-33-28(35-22-4-3-18(8-20(22)15-1-2-15)37-11-16-7-17(12-37)34-16)36-25(21)23-9-24-26(42-23)27(39)38(5-6-41-24)19-13-40-14-19/h3-4,8-10,15-17,19,34H,1-2,5-7,11-14H2,(H,33,35,36). The normalized spacial score (nSPS) is 24.1. The average Bonchev–Trinajstić information content (AvgIpc) is 3.71. The molecular weight excluding hydrogens is 585 g/mol. The van der Waals surface area contributed by atoms with Gasteiger partial charge in [-0.1, -0.05) is 0 Å². The number of fused-ring (bicyclic) bond motifs is 3. The van der Waals surface area contributed by atoms with Gasteiger partial charge in [0.05, 0.1) is 29.8 Å². The van der Waals surface area contributed by atoms with Gasteiger partial charge in [0.1, 0.15) is 10.4 Å². The molecule has 8 nitrogen and oxygen atoms in total. The van der Waals surface area contributed by atoms with Crippen molar-refractivity contribution < 1.29 is 22.7 Å². The van der Waals surface area contributed by atoms with E-state index in [0.717, 1.165) is 54.7 Å². The number of aromatic nitrogens is 2. The summed E-state index contributed by atoms with van der Waals surface area (Å²) in [4.78, 5) is 27.5. The summed E-state index contributed by atoms with van der Waals surface area (Å²) in [5.74, 6) is 1.03. The van der Waals surface area contributed by atoms with Gasteiger partial charge in [-0.3, -0.25) is 4.79 Å². The Morgan fingerprint density at radius 2 is 1.90 bits per heavy atom. The molecule has 42 heavy (non-hydrogen) atoms. The second-order valence-corrected chi connectivity index (χ2v) is 13.9. The molecule has 5 fully saturated rings. The van der Waals surface area contributed by atoms with Gasteiger partial charge in [0.2, 0.25) is 5.95 Å².